The molecule has 1 N–H and O–H groups in total. The number of thiazole rings is 1. The van der Waals surface area contributed by atoms with E-state index in [2.05, 4.69) is 9.98 Å². The molecule has 2 heterocycles. The molecule has 0 bridgehead atoms. The van der Waals surface area contributed by atoms with Crippen LogP contribution in [0.2, 0.25) is 0 Å². The summed E-state index contributed by atoms with van der Waals surface area (Å²) in [5, 5.41) is 11.9. The van der Waals surface area contributed by atoms with Gasteiger partial charge in [-0.2, -0.15) is 4.99 Å². The number of hydrogen-bond donors (Lipinski definition) is 1. The molecule has 158 valence electrons. The van der Waals surface area contributed by atoms with E-state index in [1.54, 1.807) is 29.2 Å². The molecule has 2 aromatic rings. The van der Waals surface area contributed by atoms with Gasteiger partial charge in [0.05, 0.1) is 17.2 Å². The highest BCUT2D eigenvalue weighted by Gasteiger charge is 2.32. The molecular formula is C20H21N3O5S2. The van der Waals surface area contributed by atoms with E-state index in [4.69, 9.17) is 14.6 Å². The minimum absolute atomic E-state index is 0.126. The van der Waals surface area contributed by atoms with E-state index in [1.807, 2.05) is 26.2 Å². The van der Waals surface area contributed by atoms with Crippen LogP contribution in [0.4, 0.5) is 5.13 Å². The van der Waals surface area contributed by atoms with Crippen molar-refractivity contribution in [2.24, 2.45) is 4.99 Å². The Morgan fingerprint density at radius 2 is 2.10 bits per heavy atom. The van der Waals surface area contributed by atoms with Crippen molar-refractivity contribution >= 4 is 51.4 Å². The Hall–Kier alpha value is -2.85. The third-order valence-electron chi connectivity index (χ3n) is 3.92. The zero-order valence-corrected chi connectivity index (χ0v) is 18.4. The van der Waals surface area contributed by atoms with Gasteiger partial charge in [0, 0.05) is 11.9 Å². The van der Waals surface area contributed by atoms with Gasteiger partial charge in [0.1, 0.15) is 0 Å². The summed E-state index contributed by atoms with van der Waals surface area (Å²) < 4.78 is 10.8. The number of nitrogens with zero attached hydrogens (tertiary/aromatic N) is 3. The molecule has 1 aliphatic rings. The Morgan fingerprint density at radius 1 is 1.30 bits per heavy atom. The van der Waals surface area contributed by atoms with Crippen molar-refractivity contribution in [3.8, 4) is 11.5 Å². The van der Waals surface area contributed by atoms with Crippen LogP contribution in [0.5, 0.6) is 11.5 Å². The lowest BCUT2D eigenvalue weighted by Gasteiger charge is -2.12. The summed E-state index contributed by atoms with van der Waals surface area (Å²) in [7, 11) is 0. The van der Waals surface area contributed by atoms with Gasteiger partial charge in [-0.15, -0.1) is 11.3 Å². The number of benzene rings is 1. The fraction of sp³-hybridized carbons (Fsp3) is 0.300. The van der Waals surface area contributed by atoms with Crippen molar-refractivity contribution in [2.45, 2.75) is 20.8 Å². The van der Waals surface area contributed by atoms with Crippen LogP contribution >= 0.6 is 23.1 Å². The van der Waals surface area contributed by atoms with Crippen LogP contribution in [0.3, 0.4) is 0 Å². The fourth-order valence-corrected chi connectivity index (χ4v) is 4.40. The van der Waals surface area contributed by atoms with Crippen molar-refractivity contribution < 1.29 is 24.2 Å². The Labute approximate surface area is 182 Å². The summed E-state index contributed by atoms with van der Waals surface area (Å²) in [4.78, 5) is 34.6. The van der Waals surface area contributed by atoms with Crippen LogP contribution in [0.1, 0.15) is 25.1 Å². The first-order valence-electron chi connectivity index (χ1n) is 9.25. The van der Waals surface area contributed by atoms with Gasteiger partial charge in [0.25, 0.3) is 5.91 Å². The number of aromatic nitrogens is 1. The molecule has 0 spiro atoms. The highest BCUT2D eigenvalue weighted by molar-refractivity contribution is 8.18. The summed E-state index contributed by atoms with van der Waals surface area (Å²) in [6, 6.07) is 5.10. The molecule has 10 heteroatoms. The van der Waals surface area contributed by atoms with E-state index < -0.39 is 12.6 Å². The first-order chi connectivity index (χ1) is 14.4. The van der Waals surface area contributed by atoms with Gasteiger partial charge in [0.15, 0.2) is 23.3 Å². The summed E-state index contributed by atoms with van der Waals surface area (Å²) in [6.45, 7) is 6.05. The number of aryl methyl sites for hydroxylation is 1. The second-order valence-corrected chi connectivity index (χ2v) is 7.99. The summed E-state index contributed by atoms with van der Waals surface area (Å²) >= 11 is 2.72. The maximum absolute atomic E-state index is 12.8. The number of thioether (sulfide) groups is 1. The second kappa shape index (κ2) is 9.77. The number of amidine groups is 1. The van der Waals surface area contributed by atoms with Crippen molar-refractivity contribution in [3.63, 3.8) is 0 Å². The Kier molecular flexibility index (Phi) is 7.11. The monoisotopic (exact) mass is 447 g/mol. The molecule has 3 rings (SSSR count). The predicted molar refractivity (Wildman–Crippen MR) is 118 cm³/mol. The standard InChI is InChI=1S/C20H21N3O5S2/c1-4-23-18(26)16(30-20(23)22-19-21-12(3)11-29-19)9-13-6-7-14(28-10-17(24)25)15(8-13)27-5-2/h6-9,11H,4-5,10H2,1-3H3,(H,24,25)/b16-9+,22-20+. The molecule has 8 nitrogen and oxygen atoms in total. The van der Waals surface area contributed by atoms with Gasteiger partial charge in [-0.25, -0.2) is 9.78 Å². The summed E-state index contributed by atoms with van der Waals surface area (Å²) in [5.41, 5.74) is 1.63. The molecule has 1 amide bonds. The van der Waals surface area contributed by atoms with Crippen molar-refractivity contribution in [2.75, 3.05) is 19.8 Å². The van der Waals surface area contributed by atoms with Crippen molar-refractivity contribution in [1.82, 2.24) is 9.88 Å². The highest BCUT2D eigenvalue weighted by Crippen LogP contribution is 2.36. The number of aliphatic carboxylic acids is 1. The normalized spacial score (nSPS) is 16.5. The number of hydrogen-bond acceptors (Lipinski definition) is 8. The Bertz CT molecular complexity index is 1020. The maximum Gasteiger partial charge on any atom is 0.341 e. The maximum atomic E-state index is 12.8. The summed E-state index contributed by atoms with van der Waals surface area (Å²) in [5.74, 6) is -0.441. The molecule has 0 atom stereocenters. The van der Waals surface area contributed by atoms with Crippen LogP contribution in [-0.4, -0.2) is 51.8 Å². The Morgan fingerprint density at radius 3 is 2.73 bits per heavy atom. The molecule has 1 aliphatic heterocycles. The highest BCUT2D eigenvalue weighted by atomic mass is 32.2. The number of carbonyl (C=O) groups excluding carboxylic acids is 1. The third-order valence-corrected chi connectivity index (χ3v) is 5.78. The molecule has 0 radical (unpaired) electrons. The van der Waals surface area contributed by atoms with Gasteiger partial charge >= 0.3 is 5.97 Å². The number of likely N-dealkylation sites (N-methyl/N-ethyl adjacent to an activating group) is 1. The average Bonchev–Trinajstić information content (AvgIpc) is 3.24. The zero-order chi connectivity index (χ0) is 21.7. The van der Waals surface area contributed by atoms with E-state index in [1.165, 1.54) is 23.1 Å². The van der Waals surface area contributed by atoms with Gasteiger partial charge in [-0.1, -0.05) is 6.07 Å². The van der Waals surface area contributed by atoms with E-state index in [0.717, 1.165) is 11.3 Å². The quantitative estimate of drug-likeness (QED) is 0.612. The largest absolute Gasteiger partial charge is 0.490 e. The number of carboxylic acids is 1. The van der Waals surface area contributed by atoms with Crippen molar-refractivity contribution in [3.05, 3.63) is 39.7 Å². The average molecular weight is 448 g/mol. The number of carbonyl (C=O) groups is 2. The predicted octanol–water partition coefficient (Wildman–Crippen LogP) is 3.94. The lowest BCUT2D eigenvalue weighted by molar-refractivity contribution is -0.139. The molecule has 1 aromatic heterocycles. The van der Waals surface area contributed by atoms with E-state index >= 15 is 0 Å². The molecule has 1 aromatic carbocycles. The minimum Gasteiger partial charge on any atom is -0.490 e. The smallest absolute Gasteiger partial charge is 0.341 e. The van der Waals surface area contributed by atoms with Gasteiger partial charge in [-0.3, -0.25) is 9.69 Å². The SMILES string of the molecule is CCOc1cc(/C=C2/S/C(=N/c3nc(C)cs3)N(CC)C2=O)ccc1OCC(=O)O. The second-order valence-electron chi connectivity index (χ2n) is 6.15. The van der Waals surface area contributed by atoms with Crippen molar-refractivity contribution in [1.29, 1.82) is 0 Å². The number of amides is 1. The molecule has 0 aliphatic carbocycles. The molecule has 0 unspecified atom stereocenters. The Balaban J connectivity index is 1.88. The fourth-order valence-electron chi connectivity index (χ4n) is 2.64. The van der Waals surface area contributed by atoms with Gasteiger partial charge in [-0.05, 0) is 56.3 Å². The van der Waals surface area contributed by atoms with Crippen LogP contribution in [0, 0.1) is 6.92 Å². The molecule has 1 fully saturated rings. The minimum atomic E-state index is -1.07. The zero-order valence-electron chi connectivity index (χ0n) is 16.7. The molecule has 0 saturated carbocycles. The van der Waals surface area contributed by atoms with E-state index in [-0.39, 0.29) is 5.91 Å². The lowest BCUT2D eigenvalue weighted by atomic mass is 10.2. The van der Waals surface area contributed by atoms with Crippen LogP contribution in [-0.2, 0) is 9.59 Å². The summed E-state index contributed by atoms with van der Waals surface area (Å²) in [6.07, 6.45) is 1.76. The first-order valence-corrected chi connectivity index (χ1v) is 10.9. The molecular weight excluding hydrogens is 426 g/mol. The van der Waals surface area contributed by atoms with Crippen LogP contribution in [0.25, 0.3) is 6.08 Å². The number of ether oxygens (including phenoxy) is 2. The van der Waals surface area contributed by atoms with Gasteiger partial charge < -0.3 is 14.6 Å². The lowest BCUT2D eigenvalue weighted by Crippen LogP contribution is -2.28. The van der Waals surface area contributed by atoms with Gasteiger partial charge in [0.2, 0.25) is 5.13 Å². The van der Waals surface area contributed by atoms with Crippen LogP contribution in [0.15, 0.2) is 33.5 Å². The number of carboxylic acid groups (broad SMARTS) is 1. The van der Waals surface area contributed by atoms with Crippen LogP contribution < -0.4 is 9.47 Å². The van der Waals surface area contributed by atoms with E-state index in [9.17, 15) is 9.59 Å². The first kappa shape index (κ1) is 21.8. The third kappa shape index (κ3) is 5.19. The topological polar surface area (TPSA) is 101 Å². The van der Waals surface area contributed by atoms with E-state index in [0.29, 0.717) is 39.9 Å². The molecule has 30 heavy (non-hydrogen) atoms. The molecule has 1 saturated heterocycles. The number of rotatable bonds is 8. The number of aliphatic imine (C=N–C) groups is 1.